The van der Waals surface area contributed by atoms with E-state index in [-0.39, 0.29) is 22.8 Å². The highest BCUT2D eigenvalue weighted by Crippen LogP contribution is 2.43. The molecule has 0 atom stereocenters. The number of likely N-dealkylation sites (tertiary alicyclic amines) is 1. The summed E-state index contributed by atoms with van der Waals surface area (Å²) in [4.78, 5) is 2.17. The maximum atomic E-state index is 12.6. The number of piperidine rings is 1. The second-order valence-electron chi connectivity index (χ2n) is 9.13. The molecule has 4 rings (SSSR count). The molecule has 3 aromatic carbocycles. The molecule has 1 aliphatic rings. The predicted octanol–water partition coefficient (Wildman–Crippen LogP) is 6.34. The van der Waals surface area contributed by atoms with Gasteiger partial charge < -0.3 is 19.7 Å². The summed E-state index contributed by atoms with van der Waals surface area (Å²) in [6, 6.07) is 16.5. The quantitative estimate of drug-likeness (QED) is 0.342. The molecule has 0 spiro atoms. The van der Waals surface area contributed by atoms with E-state index in [0.29, 0.717) is 32.5 Å². The Balaban J connectivity index is 1.58. The number of aromatic hydroxyl groups is 1. The lowest BCUT2D eigenvalue weighted by Gasteiger charge is -2.42. The molecule has 1 aliphatic heterocycles. The number of phenols is 1. The fourth-order valence-electron chi connectivity index (χ4n) is 4.83. The smallest absolute Gasteiger partial charge is 0.508 e. The van der Waals surface area contributed by atoms with Crippen LogP contribution in [-0.4, -0.2) is 40.9 Å². The van der Waals surface area contributed by atoms with E-state index in [2.05, 4.69) is 14.4 Å². The van der Waals surface area contributed by atoms with Crippen LogP contribution in [0.2, 0.25) is 0 Å². The van der Waals surface area contributed by atoms with E-state index in [1.165, 1.54) is 24.3 Å². The first-order chi connectivity index (χ1) is 17.8. The number of phenolic OH excluding ortho intramolecular Hbond substituents is 1. The number of aliphatic hydroxyl groups is 1. The third kappa shape index (κ3) is 6.90. The highest BCUT2D eigenvalue weighted by molar-refractivity contribution is 5.42. The van der Waals surface area contributed by atoms with Crippen LogP contribution >= 0.6 is 0 Å². The van der Waals surface area contributed by atoms with Crippen molar-refractivity contribution in [2.24, 2.45) is 5.92 Å². The molecule has 0 bridgehead atoms. The van der Waals surface area contributed by atoms with Crippen LogP contribution in [0.1, 0.15) is 29.5 Å². The summed E-state index contributed by atoms with van der Waals surface area (Å²) in [5.41, 5.74) is -0.128. The summed E-state index contributed by atoms with van der Waals surface area (Å²) in [6.07, 6.45) is -8.74. The van der Waals surface area contributed by atoms with Gasteiger partial charge in [0.25, 0.3) is 0 Å². The number of nitrogens with zero attached hydrogens (tertiary/aromatic N) is 1. The number of ether oxygens (including phenoxy) is 2. The minimum atomic E-state index is -4.88. The number of rotatable bonds is 7. The maximum absolute atomic E-state index is 12.6. The zero-order valence-corrected chi connectivity index (χ0v) is 20.0. The summed E-state index contributed by atoms with van der Waals surface area (Å²) < 4.78 is 83.6. The number of halogens is 6. The van der Waals surface area contributed by atoms with Gasteiger partial charge in [0, 0.05) is 6.54 Å². The Morgan fingerprint density at radius 1 is 0.684 bits per heavy atom. The molecule has 0 saturated carbocycles. The lowest BCUT2D eigenvalue weighted by molar-refractivity contribution is -0.275. The third-order valence-electron chi connectivity index (χ3n) is 6.58. The molecule has 0 amide bonds. The summed E-state index contributed by atoms with van der Waals surface area (Å²) in [7, 11) is 0. The summed E-state index contributed by atoms with van der Waals surface area (Å²) >= 11 is 0. The van der Waals surface area contributed by atoms with Crippen LogP contribution in [0.4, 0.5) is 26.3 Å². The van der Waals surface area contributed by atoms with Crippen LogP contribution in [0.15, 0.2) is 72.8 Å². The van der Waals surface area contributed by atoms with Crippen LogP contribution in [0.3, 0.4) is 0 Å². The Labute approximate surface area is 214 Å². The summed E-state index contributed by atoms with van der Waals surface area (Å²) in [5, 5.41) is 21.5. The van der Waals surface area contributed by atoms with Gasteiger partial charge in [0.05, 0.1) is 0 Å². The normalized spacial score (nSPS) is 15.9. The molecule has 1 fully saturated rings. The predicted molar refractivity (Wildman–Crippen MR) is 125 cm³/mol. The minimum absolute atomic E-state index is 0.163. The van der Waals surface area contributed by atoms with E-state index >= 15 is 0 Å². The van der Waals surface area contributed by atoms with Gasteiger partial charge in [-0.25, -0.2) is 0 Å². The molecule has 38 heavy (non-hydrogen) atoms. The van der Waals surface area contributed by atoms with Crippen molar-refractivity contribution in [2.45, 2.75) is 37.7 Å². The van der Waals surface area contributed by atoms with Gasteiger partial charge in [-0.3, -0.25) is 4.90 Å². The molecular weight excluding hydrogens is 516 g/mol. The largest absolute Gasteiger partial charge is 0.573 e. The van der Waals surface area contributed by atoms with Gasteiger partial charge in [-0.2, -0.15) is 0 Å². The SMILES string of the molecule is Oc1ccc(CN2CCC(C(O)(c3ccc(OC(F)(F)F)cc3)c3ccc(OC(F)(F)F)cc3)CC2)cc1. The van der Waals surface area contributed by atoms with Crippen LogP contribution in [0.5, 0.6) is 17.2 Å². The molecule has 11 heteroatoms. The lowest BCUT2D eigenvalue weighted by Crippen LogP contribution is -2.44. The fraction of sp³-hybridized carbons (Fsp3) is 0.333. The molecule has 204 valence electrons. The van der Waals surface area contributed by atoms with E-state index in [4.69, 9.17) is 0 Å². The van der Waals surface area contributed by atoms with Crippen LogP contribution in [-0.2, 0) is 12.1 Å². The van der Waals surface area contributed by atoms with Gasteiger partial charge in [0.15, 0.2) is 0 Å². The van der Waals surface area contributed by atoms with Crippen LogP contribution < -0.4 is 9.47 Å². The van der Waals surface area contributed by atoms with E-state index in [0.717, 1.165) is 29.8 Å². The number of benzene rings is 3. The van der Waals surface area contributed by atoms with Gasteiger partial charge in [0.1, 0.15) is 22.8 Å². The van der Waals surface area contributed by atoms with Crippen molar-refractivity contribution in [3.63, 3.8) is 0 Å². The van der Waals surface area contributed by atoms with Gasteiger partial charge in [-0.05, 0) is 84.9 Å². The summed E-state index contributed by atoms with van der Waals surface area (Å²) in [6.45, 7) is 1.81. The molecule has 1 heterocycles. The van der Waals surface area contributed by atoms with Crippen molar-refractivity contribution in [1.29, 1.82) is 0 Å². The molecule has 0 radical (unpaired) electrons. The monoisotopic (exact) mass is 541 g/mol. The van der Waals surface area contributed by atoms with Crippen LogP contribution in [0.25, 0.3) is 0 Å². The van der Waals surface area contributed by atoms with Gasteiger partial charge in [-0.15, -0.1) is 26.3 Å². The van der Waals surface area contributed by atoms with E-state index in [9.17, 15) is 36.6 Å². The molecule has 3 aromatic rings. The van der Waals surface area contributed by atoms with E-state index in [1.54, 1.807) is 12.1 Å². The second-order valence-corrected chi connectivity index (χ2v) is 9.13. The first-order valence-electron chi connectivity index (χ1n) is 11.8. The van der Waals surface area contributed by atoms with E-state index in [1.807, 2.05) is 12.1 Å². The second kappa shape index (κ2) is 10.7. The molecule has 0 unspecified atom stereocenters. The van der Waals surface area contributed by atoms with Crippen molar-refractivity contribution in [2.75, 3.05) is 13.1 Å². The molecule has 1 saturated heterocycles. The van der Waals surface area contributed by atoms with Gasteiger partial charge in [0.2, 0.25) is 0 Å². The third-order valence-corrected chi connectivity index (χ3v) is 6.58. The Kier molecular flexibility index (Phi) is 7.80. The number of alkyl halides is 6. The minimum Gasteiger partial charge on any atom is -0.508 e. The lowest BCUT2D eigenvalue weighted by atomic mass is 9.72. The molecule has 5 nitrogen and oxygen atoms in total. The van der Waals surface area contributed by atoms with Crippen molar-refractivity contribution < 1.29 is 46.0 Å². The maximum Gasteiger partial charge on any atom is 0.573 e. The van der Waals surface area contributed by atoms with Crippen molar-refractivity contribution >= 4 is 0 Å². The summed E-state index contributed by atoms with van der Waals surface area (Å²) in [5.74, 6) is -1.14. The number of hydrogen-bond acceptors (Lipinski definition) is 5. The first-order valence-corrected chi connectivity index (χ1v) is 11.8. The Hall–Kier alpha value is -3.44. The topological polar surface area (TPSA) is 62.2 Å². The molecule has 2 N–H and O–H groups in total. The zero-order chi connectivity index (χ0) is 27.6. The van der Waals surface area contributed by atoms with Gasteiger partial charge >= 0.3 is 12.7 Å². The Morgan fingerprint density at radius 2 is 1.11 bits per heavy atom. The number of hydrogen-bond donors (Lipinski definition) is 2. The van der Waals surface area contributed by atoms with Crippen molar-refractivity contribution in [3.8, 4) is 17.2 Å². The average molecular weight is 541 g/mol. The van der Waals surface area contributed by atoms with Crippen molar-refractivity contribution in [3.05, 3.63) is 89.5 Å². The molecular formula is C27H25F6NO4. The standard InChI is InChI=1S/C27H25F6NO4/c28-26(29,30)37-23-9-3-19(4-10-23)25(36,20-5-11-24(12-6-20)38-27(31,32)33)21-13-15-34(16-14-21)17-18-1-7-22(35)8-2-18/h1-12,21,35-36H,13-17H2. The van der Waals surface area contributed by atoms with Gasteiger partial charge in [-0.1, -0.05) is 36.4 Å². The molecule has 0 aliphatic carbocycles. The van der Waals surface area contributed by atoms with Crippen LogP contribution in [0, 0.1) is 5.92 Å². The van der Waals surface area contributed by atoms with E-state index < -0.39 is 29.8 Å². The zero-order valence-electron chi connectivity index (χ0n) is 20.0. The Morgan fingerprint density at radius 3 is 1.50 bits per heavy atom. The highest BCUT2D eigenvalue weighted by atomic mass is 19.4. The Bertz CT molecular complexity index is 1130. The van der Waals surface area contributed by atoms with Crippen molar-refractivity contribution in [1.82, 2.24) is 4.90 Å². The fourth-order valence-corrected chi connectivity index (χ4v) is 4.83. The average Bonchev–Trinajstić information content (AvgIpc) is 2.84. The molecule has 0 aromatic heterocycles. The highest BCUT2D eigenvalue weighted by Gasteiger charge is 2.42. The first kappa shape index (κ1) is 27.6.